The molecule has 6 heteroatoms. The Morgan fingerprint density at radius 1 is 1.47 bits per heavy atom. The lowest BCUT2D eigenvalue weighted by Gasteiger charge is -2.34. The summed E-state index contributed by atoms with van der Waals surface area (Å²) in [4.78, 5) is 28.8. The minimum atomic E-state index is -1.14. The van der Waals surface area contributed by atoms with Gasteiger partial charge in [-0.1, -0.05) is 13.0 Å². The summed E-state index contributed by atoms with van der Waals surface area (Å²) in [6.45, 7) is 3.51. The maximum absolute atomic E-state index is 12.4. The predicted molar refractivity (Wildman–Crippen MR) is 67.1 cm³/mol. The Kier molecular flexibility index (Phi) is 4.11. The van der Waals surface area contributed by atoms with Crippen molar-refractivity contribution in [3.63, 3.8) is 0 Å². The molecule has 1 fully saturated rings. The van der Waals surface area contributed by atoms with Crippen molar-refractivity contribution in [3.8, 4) is 0 Å². The van der Waals surface area contributed by atoms with Crippen LogP contribution in [0.4, 0.5) is 0 Å². The Morgan fingerprint density at radius 3 is 2.89 bits per heavy atom. The van der Waals surface area contributed by atoms with E-state index in [4.69, 9.17) is 9.84 Å². The fourth-order valence-electron chi connectivity index (χ4n) is 2.08. The van der Waals surface area contributed by atoms with E-state index >= 15 is 0 Å². The monoisotopic (exact) mass is 264 g/mol. The molecule has 1 aromatic heterocycles. The zero-order valence-electron chi connectivity index (χ0n) is 10.7. The van der Waals surface area contributed by atoms with E-state index in [9.17, 15) is 9.59 Å². The van der Waals surface area contributed by atoms with Gasteiger partial charge in [-0.15, -0.1) is 0 Å². The molecule has 0 aliphatic carbocycles. The maximum Gasteiger partial charge on any atom is 0.354 e. The van der Waals surface area contributed by atoms with Crippen LogP contribution in [0, 0.1) is 0 Å². The van der Waals surface area contributed by atoms with E-state index in [0.717, 1.165) is 6.42 Å². The van der Waals surface area contributed by atoms with Crippen LogP contribution in [0.25, 0.3) is 0 Å². The third-order valence-electron chi connectivity index (χ3n) is 3.15. The Balaban J connectivity index is 2.22. The zero-order chi connectivity index (χ0) is 13.8. The van der Waals surface area contributed by atoms with Crippen molar-refractivity contribution in [3.05, 3.63) is 29.6 Å². The van der Waals surface area contributed by atoms with Crippen LogP contribution >= 0.6 is 0 Å². The number of nitrogens with zero attached hydrogens (tertiary/aromatic N) is 2. The molecule has 0 radical (unpaired) electrons. The number of carboxylic acid groups (broad SMARTS) is 1. The summed E-state index contributed by atoms with van der Waals surface area (Å²) in [7, 11) is 0. The van der Waals surface area contributed by atoms with E-state index < -0.39 is 5.97 Å². The van der Waals surface area contributed by atoms with Gasteiger partial charge in [-0.05, 0) is 18.6 Å². The predicted octanol–water partition coefficient (Wildman–Crippen LogP) is 1.03. The molecule has 1 aliphatic rings. The van der Waals surface area contributed by atoms with E-state index in [2.05, 4.69) is 4.98 Å². The number of aromatic carboxylic acids is 1. The molecular weight excluding hydrogens is 248 g/mol. The fraction of sp³-hybridized carbons (Fsp3) is 0.462. The minimum absolute atomic E-state index is 0.0246. The lowest BCUT2D eigenvalue weighted by molar-refractivity contribution is -0.00311. The van der Waals surface area contributed by atoms with Crippen LogP contribution in [0.15, 0.2) is 18.2 Å². The number of ether oxygens (including phenoxy) is 1. The van der Waals surface area contributed by atoms with Crippen LogP contribution in [-0.2, 0) is 4.74 Å². The van der Waals surface area contributed by atoms with Gasteiger partial charge < -0.3 is 14.7 Å². The van der Waals surface area contributed by atoms with Crippen LogP contribution in [0.3, 0.4) is 0 Å². The first kappa shape index (κ1) is 13.5. The zero-order valence-corrected chi connectivity index (χ0v) is 10.7. The van der Waals surface area contributed by atoms with E-state index in [1.807, 2.05) is 6.92 Å². The Labute approximate surface area is 111 Å². The fourth-order valence-corrected chi connectivity index (χ4v) is 2.08. The molecule has 0 saturated carbocycles. The van der Waals surface area contributed by atoms with Gasteiger partial charge in [0.2, 0.25) is 0 Å². The van der Waals surface area contributed by atoms with Crippen molar-refractivity contribution in [1.29, 1.82) is 0 Å². The molecule has 6 nitrogen and oxygen atoms in total. The second-order valence-corrected chi connectivity index (χ2v) is 4.35. The molecule has 0 bridgehead atoms. The van der Waals surface area contributed by atoms with Gasteiger partial charge in [-0.25, -0.2) is 9.78 Å². The number of carbonyl (C=O) groups excluding carboxylic acids is 1. The summed E-state index contributed by atoms with van der Waals surface area (Å²) in [6, 6.07) is 4.47. The number of morpholine rings is 1. The maximum atomic E-state index is 12.4. The highest BCUT2D eigenvalue weighted by Crippen LogP contribution is 2.14. The SMILES string of the molecule is CCC1COCCN1C(=O)c1cccc(C(=O)O)n1. The third kappa shape index (κ3) is 2.90. The number of aromatic nitrogens is 1. The number of hydrogen-bond donors (Lipinski definition) is 1. The lowest BCUT2D eigenvalue weighted by Crippen LogP contribution is -2.48. The molecule has 1 unspecified atom stereocenters. The highest BCUT2D eigenvalue weighted by Gasteiger charge is 2.27. The van der Waals surface area contributed by atoms with Gasteiger partial charge in [0, 0.05) is 6.54 Å². The highest BCUT2D eigenvalue weighted by atomic mass is 16.5. The molecule has 0 aromatic carbocycles. The van der Waals surface area contributed by atoms with Gasteiger partial charge in [0.15, 0.2) is 0 Å². The normalized spacial score (nSPS) is 19.2. The molecule has 1 saturated heterocycles. The number of rotatable bonds is 3. The van der Waals surface area contributed by atoms with Gasteiger partial charge >= 0.3 is 5.97 Å². The standard InChI is InChI=1S/C13H16N2O4/c1-2-9-8-19-7-6-15(9)12(16)10-4-3-5-11(14-10)13(17)18/h3-5,9H,2,6-8H2,1H3,(H,17,18). The van der Waals surface area contributed by atoms with Crippen LogP contribution in [0.2, 0.25) is 0 Å². The van der Waals surface area contributed by atoms with Crippen molar-refractivity contribution < 1.29 is 19.4 Å². The number of carbonyl (C=O) groups is 2. The second-order valence-electron chi connectivity index (χ2n) is 4.35. The van der Waals surface area contributed by atoms with Crippen molar-refractivity contribution >= 4 is 11.9 Å². The molecule has 102 valence electrons. The third-order valence-corrected chi connectivity index (χ3v) is 3.15. The van der Waals surface area contributed by atoms with Crippen molar-refractivity contribution in [2.75, 3.05) is 19.8 Å². The van der Waals surface area contributed by atoms with Crippen molar-refractivity contribution in [1.82, 2.24) is 9.88 Å². The van der Waals surface area contributed by atoms with E-state index in [1.165, 1.54) is 18.2 Å². The molecular formula is C13H16N2O4. The number of pyridine rings is 1. The minimum Gasteiger partial charge on any atom is -0.477 e. The summed E-state index contributed by atoms with van der Waals surface area (Å²) in [6.07, 6.45) is 0.796. The van der Waals surface area contributed by atoms with E-state index in [-0.39, 0.29) is 23.3 Å². The van der Waals surface area contributed by atoms with E-state index in [0.29, 0.717) is 19.8 Å². The van der Waals surface area contributed by atoms with Gasteiger partial charge in [0.05, 0.1) is 19.3 Å². The molecule has 19 heavy (non-hydrogen) atoms. The van der Waals surface area contributed by atoms with Gasteiger partial charge in [0.25, 0.3) is 5.91 Å². The average Bonchev–Trinajstić information content (AvgIpc) is 2.46. The first-order chi connectivity index (χ1) is 9.13. The summed E-state index contributed by atoms with van der Waals surface area (Å²) >= 11 is 0. The number of hydrogen-bond acceptors (Lipinski definition) is 4. The molecule has 1 aromatic rings. The molecule has 1 N–H and O–H groups in total. The van der Waals surface area contributed by atoms with E-state index in [1.54, 1.807) is 4.90 Å². The smallest absolute Gasteiger partial charge is 0.354 e. The quantitative estimate of drug-likeness (QED) is 0.882. The molecule has 1 atom stereocenters. The Hall–Kier alpha value is -1.95. The van der Waals surface area contributed by atoms with Crippen LogP contribution in [0.1, 0.15) is 34.3 Å². The molecule has 0 spiro atoms. The first-order valence-electron chi connectivity index (χ1n) is 6.22. The van der Waals surface area contributed by atoms with Crippen molar-refractivity contribution in [2.24, 2.45) is 0 Å². The summed E-state index contributed by atoms with van der Waals surface area (Å²) in [5.74, 6) is -1.37. The largest absolute Gasteiger partial charge is 0.477 e. The number of amides is 1. The highest BCUT2D eigenvalue weighted by molar-refractivity contribution is 5.94. The summed E-state index contributed by atoms with van der Waals surface area (Å²) in [5, 5.41) is 8.89. The van der Waals surface area contributed by atoms with Gasteiger partial charge in [-0.2, -0.15) is 0 Å². The number of carboxylic acids is 1. The second kappa shape index (κ2) is 5.79. The average molecular weight is 264 g/mol. The first-order valence-corrected chi connectivity index (χ1v) is 6.22. The summed E-state index contributed by atoms with van der Waals surface area (Å²) < 4.78 is 5.34. The van der Waals surface area contributed by atoms with Crippen LogP contribution < -0.4 is 0 Å². The lowest BCUT2D eigenvalue weighted by atomic mass is 10.1. The molecule has 2 rings (SSSR count). The molecule has 1 amide bonds. The molecule has 2 heterocycles. The van der Waals surface area contributed by atoms with Crippen LogP contribution in [-0.4, -0.2) is 52.7 Å². The van der Waals surface area contributed by atoms with Crippen molar-refractivity contribution in [2.45, 2.75) is 19.4 Å². The Morgan fingerprint density at radius 2 is 2.21 bits per heavy atom. The van der Waals surface area contributed by atoms with Gasteiger partial charge in [-0.3, -0.25) is 4.79 Å². The van der Waals surface area contributed by atoms with Crippen LogP contribution in [0.5, 0.6) is 0 Å². The Bertz CT molecular complexity index is 489. The van der Waals surface area contributed by atoms with Gasteiger partial charge in [0.1, 0.15) is 11.4 Å². The topological polar surface area (TPSA) is 79.7 Å². The summed E-state index contributed by atoms with van der Waals surface area (Å²) in [5.41, 5.74) is 0.0485. The molecule has 1 aliphatic heterocycles.